The summed E-state index contributed by atoms with van der Waals surface area (Å²) in [6, 6.07) is 13.0. The van der Waals surface area contributed by atoms with Gasteiger partial charge in [0.1, 0.15) is 5.75 Å². The first-order chi connectivity index (χ1) is 12.1. The van der Waals surface area contributed by atoms with E-state index >= 15 is 0 Å². The number of aromatic nitrogens is 2. The van der Waals surface area contributed by atoms with E-state index in [4.69, 9.17) is 9.15 Å². The van der Waals surface area contributed by atoms with Crippen molar-refractivity contribution in [3.8, 4) is 17.2 Å². The molecular formula is C18H15BrN2O3S. The molecule has 7 heteroatoms. The number of Topliss-reactive ketones (excluding diaryl/α,β-unsaturated/α-hetero) is 1. The van der Waals surface area contributed by atoms with Gasteiger partial charge in [0.15, 0.2) is 5.78 Å². The molecule has 0 saturated carbocycles. The zero-order valence-electron chi connectivity index (χ0n) is 13.7. The minimum Gasteiger partial charge on any atom is -0.496 e. The fourth-order valence-corrected chi connectivity index (χ4v) is 3.23. The molecule has 0 saturated heterocycles. The molecule has 25 heavy (non-hydrogen) atoms. The lowest BCUT2D eigenvalue weighted by Crippen LogP contribution is -1.96. The van der Waals surface area contributed by atoms with E-state index in [1.54, 1.807) is 26.2 Å². The van der Waals surface area contributed by atoms with Crippen LogP contribution in [0.25, 0.3) is 11.5 Å². The van der Waals surface area contributed by atoms with E-state index in [-0.39, 0.29) is 5.78 Å². The van der Waals surface area contributed by atoms with Gasteiger partial charge >= 0.3 is 0 Å². The molecule has 0 bridgehead atoms. The number of ether oxygens (including phenoxy) is 1. The van der Waals surface area contributed by atoms with Crippen LogP contribution in [0.2, 0.25) is 0 Å². The van der Waals surface area contributed by atoms with Gasteiger partial charge in [-0.25, -0.2) is 0 Å². The Morgan fingerprint density at radius 3 is 2.64 bits per heavy atom. The molecule has 0 aliphatic rings. The Hall–Kier alpha value is -2.12. The molecule has 0 atom stereocenters. The van der Waals surface area contributed by atoms with Crippen LogP contribution in [0, 0.1) is 0 Å². The van der Waals surface area contributed by atoms with Crippen LogP contribution < -0.4 is 4.74 Å². The van der Waals surface area contributed by atoms with Gasteiger partial charge in [-0.1, -0.05) is 27.7 Å². The van der Waals surface area contributed by atoms with Crippen molar-refractivity contribution in [2.75, 3.05) is 7.11 Å². The van der Waals surface area contributed by atoms with Crippen molar-refractivity contribution >= 4 is 33.5 Å². The number of benzene rings is 2. The van der Waals surface area contributed by atoms with Crippen LogP contribution in [0.15, 0.2) is 56.6 Å². The number of ketones is 1. The fourth-order valence-electron chi connectivity index (χ4n) is 2.23. The highest BCUT2D eigenvalue weighted by Crippen LogP contribution is 2.30. The quantitative estimate of drug-likeness (QED) is 0.414. The summed E-state index contributed by atoms with van der Waals surface area (Å²) in [6.07, 6.45) is 0. The van der Waals surface area contributed by atoms with Crippen molar-refractivity contribution in [1.29, 1.82) is 0 Å². The van der Waals surface area contributed by atoms with Gasteiger partial charge in [0.05, 0.1) is 7.11 Å². The van der Waals surface area contributed by atoms with Gasteiger partial charge in [0.25, 0.3) is 5.22 Å². The normalized spacial score (nSPS) is 10.7. The Kier molecular flexibility index (Phi) is 5.55. The largest absolute Gasteiger partial charge is 0.496 e. The van der Waals surface area contributed by atoms with E-state index in [1.807, 2.05) is 30.3 Å². The van der Waals surface area contributed by atoms with Crippen LogP contribution >= 0.6 is 27.7 Å². The third kappa shape index (κ3) is 4.29. The molecule has 0 N–H and O–H groups in total. The van der Waals surface area contributed by atoms with Crippen LogP contribution in [0.5, 0.6) is 5.75 Å². The van der Waals surface area contributed by atoms with Crippen molar-refractivity contribution in [2.45, 2.75) is 17.9 Å². The van der Waals surface area contributed by atoms with E-state index in [1.165, 1.54) is 11.8 Å². The molecule has 0 unspecified atom stereocenters. The van der Waals surface area contributed by atoms with E-state index in [9.17, 15) is 4.79 Å². The second-order valence-electron chi connectivity index (χ2n) is 5.25. The number of halogens is 1. The Labute approximate surface area is 157 Å². The van der Waals surface area contributed by atoms with Crippen molar-refractivity contribution in [3.63, 3.8) is 0 Å². The van der Waals surface area contributed by atoms with Gasteiger partial charge in [-0.15, -0.1) is 10.2 Å². The number of thioether (sulfide) groups is 1. The lowest BCUT2D eigenvalue weighted by molar-refractivity contribution is 0.101. The Morgan fingerprint density at radius 1 is 1.20 bits per heavy atom. The van der Waals surface area contributed by atoms with Crippen LogP contribution in [0.4, 0.5) is 0 Å². The predicted octanol–water partition coefficient (Wildman–Crippen LogP) is 5.00. The van der Waals surface area contributed by atoms with Crippen LogP contribution in [-0.2, 0) is 5.75 Å². The van der Waals surface area contributed by atoms with Crippen molar-refractivity contribution in [3.05, 3.63) is 58.1 Å². The van der Waals surface area contributed by atoms with Crippen LogP contribution in [-0.4, -0.2) is 23.1 Å². The highest BCUT2D eigenvalue weighted by atomic mass is 79.9. The van der Waals surface area contributed by atoms with Gasteiger partial charge in [0.2, 0.25) is 5.89 Å². The minimum absolute atomic E-state index is 0.0178. The van der Waals surface area contributed by atoms with Crippen molar-refractivity contribution < 1.29 is 13.9 Å². The van der Waals surface area contributed by atoms with E-state index in [0.29, 0.717) is 22.4 Å². The fraction of sp³-hybridized carbons (Fsp3) is 0.167. The number of carbonyl (C=O) groups excluding carboxylic acids is 1. The zero-order chi connectivity index (χ0) is 17.8. The SMILES string of the molecule is COc1ccc(C(C)=O)cc1CSc1nnc(-c2ccc(Br)cc2)o1. The molecule has 0 fully saturated rings. The Bertz CT molecular complexity index is 894. The molecule has 3 aromatic rings. The van der Waals surface area contributed by atoms with E-state index in [2.05, 4.69) is 26.1 Å². The van der Waals surface area contributed by atoms with Gasteiger partial charge in [0, 0.05) is 26.9 Å². The lowest BCUT2D eigenvalue weighted by atomic mass is 10.1. The smallest absolute Gasteiger partial charge is 0.277 e. The molecule has 0 spiro atoms. The highest BCUT2D eigenvalue weighted by Gasteiger charge is 2.12. The van der Waals surface area contributed by atoms with Crippen LogP contribution in [0.3, 0.4) is 0 Å². The van der Waals surface area contributed by atoms with Gasteiger partial charge in [-0.3, -0.25) is 4.79 Å². The van der Waals surface area contributed by atoms with Gasteiger partial charge in [-0.05, 0) is 49.4 Å². The van der Waals surface area contributed by atoms with Crippen LogP contribution in [0.1, 0.15) is 22.8 Å². The number of rotatable bonds is 6. The predicted molar refractivity (Wildman–Crippen MR) is 100.0 cm³/mol. The molecule has 128 valence electrons. The summed E-state index contributed by atoms with van der Waals surface area (Å²) in [6.45, 7) is 1.54. The average Bonchev–Trinajstić information content (AvgIpc) is 3.09. The standard InChI is InChI=1S/C18H15BrN2O3S/c1-11(22)13-5-8-16(23-2)14(9-13)10-25-18-21-20-17(24-18)12-3-6-15(19)7-4-12/h3-9H,10H2,1-2H3. The second-order valence-corrected chi connectivity index (χ2v) is 7.09. The number of hydrogen-bond donors (Lipinski definition) is 0. The minimum atomic E-state index is 0.0178. The Balaban J connectivity index is 1.75. The van der Waals surface area contributed by atoms with Gasteiger partial charge < -0.3 is 9.15 Å². The number of hydrogen-bond acceptors (Lipinski definition) is 6. The molecule has 5 nitrogen and oxygen atoms in total. The third-order valence-electron chi connectivity index (χ3n) is 3.54. The van der Waals surface area contributed by atoms with Crippen molar-refractivity contribution in [2.24, 2.45) is 0 Å². The highest BCUT2D eigenvalue weighted by molar-refractivity contribution is 9.10. The first-order valence-electron chi connectivity index (χ1n) is 7.47. The summed E-state index contributed by atoms with van der Waals surface area (Å²) < 4.78 is 12.0. The first kappa shape index (κ1) is 17.7. The molecule has 0 radical (unpaired) electrons. The third-order valence-corrected chi connectivity index (χ3v) is 4.93. The topological polar surface area (TPSA) is 65.2 Å². The average molecular weight is 419 g/mol. The van der Waals surface area contributed by atoms with Crippen molar-refractivity contribution in [1.82, 2.24) is 10.2 Å². The molecule has 0 amide bonds. The maximum atomic E-state index is 11.6. The molecular weight excluding hydrogens is 404 g/mol. The van der Waals surface area contributed by atoms with Gasteiger partial charge in [-0.2, -0.15) is 0 Å². The summed E-state index contributed by atoms with van der Waals surface area (Å²) in [5.74, 6) is 1.78. The number of methoxy groups -OCH3 is 1. The number of nitrogens with zero attached hydrogens (tertiary/aromatic N) is 2. The molecule has 1 aromatic heterocycles. The molecule has 2 aromatic carbocycles. The Morgan fingerprint density at radius 2 is 1.96 bits per heavy atom. The molecule has 0 aliphatic carbocycles. The summed E-state index contributed by atoms with van der Waals surface area (Å²) in [5, 5.41) is 8.61. The van der Waals surface area contributed by atoms with E-state index in [0.717, 1.165) is 21.3 Å². The summed E-state index contributed by atoms with van der Waals surface area (Å²) in [7, 11) is 1.61. The first-order valence-corrected chi connectivity index (χ1v) is 9.25. The molecule has 3 rings (SSSR count). The second kappa shape index (κ2) is 7.84. The lowest BCUT2D eigenvalue weighted by Gasteiger charge is -2.08. The molecule has 1 heterocycles. The molecule has 0 aliphatic heterocycles. The number of carbonyl (C=O) groups is 1. The maximum absolute atomic E-state index is 11.6. The summed E-state index contributed by atoms with van der Waals surface area (Å²) in [5.41, 5.74) is 2.42. The maximum Gasteiger partial charge on any atom is 0.277 e. The summed E-state index contributed by atoms with van der Waals surface area (Å²) in [4.78, 5) is 11.6. The van der Waals surface area contributed by atoms with E-state index < -0.39 is 0 Å². The monoisotopic (exact) mass is 418 g/mol. The summed E-state index contributed by atoms with van der Waals surface area (Å²) >= 11 is 4.80. The zero-order valence-corrected chi connectivity index (χ0v) is 16.1.